The number of benzene rings is 3. The Morgan fingerprint density at radius 1 is 0.731 bits per heavy atom. The molecule has 0 saturated heterocycles. The van der Waals surface area contributed by atoms with Gasteiger partial charge in [0.25, 0.3) is 0 Å². The molecule has 0 unspecified atom stereocenters. The zero-order chi connectivity index (χ0) is 18.9. The molecule has 0 aliphatic rings. The summed E-state index contributed by atoms with van der Waals surface area (Å²) in [5.41, 5.74) is 6.65. The van der Waals surface area contributed by atoms with Crippen molar-refractivity contribution < 1.29 is 26.7 Å². The van der Waals surface area contributed by atoms with Crippen LogP contribution in [0.15, 0.2) is 60.7 Å². The predicted octanol–water partition coefficient (Wildman–Crippen LogP) is 5.78. The number of nitrogen functional groups attached to an aromatic ring is 1. The van der Waals surface area contributed by atoms with Gasteiger partial charge >= 0.3 is 6.36 Å². The van der Waals surface area contributed by atoms with Gasteiger partial charge in [-0.3, -0.25) is 0 Å². The highest BCUT2D eigenvalue weighted by Gasteiger charge is 2.31. The van der Waals surface area contributed by atoms with Gasteiger partial charge in [-0.25, -0.2) is 8.78 Å². The first-order chi connectivity index (χ1) is 12.2. The van der Waals surface area contributed by atoms with E-state index in [0.717, 1.165) is 12.1 Å². The highest BCUT2D eigenvalue weighted by molar-refractivity contribution is 5.84. The largest absolute Gasteiger partial charge is 0.573 e. The van der Waals surface area contributed by atoms with Crippen molar-refractivity contribution in [3.05, 3.63) is 72.3 Å². The number of hydrogen-bond donors (Lipinski definition) is 1. The number of hydrogen-bond acceptors (Lipinski definition) is 2. The molecule has 0 fully saturated rings. The zero-order valence-corrected chi connectivity index (χ0v) is 13.1. The van der Waals surface area contributed by atoms with E-state index < -0.39 is 23.7 Å². The van der Waals surface area contributed by atoms with E-state index in [4.69, 9.17) is 5.73 Å². The van der Waals surface area contributed by atoms with Crippen LogP contribution < -0.4 is 10.5 Å². The minimum Gasteiger partial charge on any atom is -0.406 e. The molecular formula is C19H12F5NO. The number of rotatable bonds is 3. The maximum absolute atomic E-state index is 13.8. The van der Waals surface area contributed by atoms with Gasteiger partial charge in [-0.2, -0.15) is 0 Å². The van der Waals surface area contributed by atoms with Crippen molar-refractivity contribution in [3.63, 3.8) is 0 Å². The lowest BCUT2D eigenvalue weighted by atomic mass is 9.94. The number of halogens is 5. The topological polar surface area (TPSA) is 35.2 Å². The molecule has 0 atom stereocenters. The van der Waals surface area contributed by atoms with Gasteiger partial charge < -0.3 is 10.5 Å². The molecule has 7 heteroatoms. The van der Waals surface area contributed by atoms with Crippen molar-refractivity contribution in [3.8, 4) is 28.0 Å². The van der Waals surface area contributed by atoms with Crippen LogP contribution >= 0.6 is 0 Å². The Bertz CT molecular complexity index is 912. The van der Waals surface area contributed by atoms with Crippen molar-refractivity contribution >= 4 is 5.69 Å². The van der Waals surface area contributed by atoms with Crippen LogP contribution in [0.4, 0.5) is 27.6 Å². The van der Waals surface area contributed by atoms with Gasteiger partial charge in [0.1, 0.15) is 23.1 Å². The minimum absolute atomic E-state index is 0.264. The highest BCUT2D eigenvalue weighted by atomic mass is 19.4. The average Bonchev–Trinajstić information content (AvgIpc) is 2.58. The molecule has 0 bridgehead atoms. The number of anilines is 1. The molecule has 0 aliphatic carbocycles. The Kier molecular flexibility index (Phi) is 4.54. The summed E-state index contributed by atoms with van der Waals surface area (Å²) in [4.78, 5) is 0. The standard InChI is InChI=1S/C19H12F5NO/c20-16-9-12(10-17(21)18(16)25)15-4-2-1-3-14(15)11-5-7-13(8-6-11)26-19(22,23)24/h1-10H,25H2. The summed E-state index contributed by atoms with van der Waals surface area (Å²) in [6.45, 7) is 0. The molecule has 0 amide bonds. The van der Waals surface area contributed by atoms with Gasteiger partial charge in [0.15, 0.2) is 0 Å². The molecule has 0 saturated carbocycles. The van der Waals surface area contributed by atoms with Gasteiger partial charge in [-0.05, 0) is 46.5 Å². The molecule has 0 heterocycles. The second-order valence-corrected chi connectivity index (χ2v) is 5.47. The highest BCUT2D eigenvalue weighted by Crippen LogP contribution is 2.35. The van der Waals surface area contributed by atoms with Crippen molar-refractivity contribution in [2.75, 3.05) is 5.73 Å². The summed E-state index contributed by atoms with van der Waals surface area (Å²) < 4.78 is 68.2. The molecule has 26 heavy (non-hydrogen) atoms. The fourth-order valence-electron chi connectivity index (χ4n) is 2.56. The smallest absolute Gasteiger partial charge is 0.406 e. The van der Waals surface area contributed by atoms with E-state index in [1.807, 2.05) is 0 Å². The number of ether oxygens (including phenoxy) is 1. The third-order valence-corrected chi connectivity index (χ3v) is 3.72. The monoisotopic (exact) mass is 365 g/mol. The van der Waals surface area contributed by atoms with Crippen molar-refractivity contribution in [2.45, 2.75) is 6.36 Å². The third-order valence-electron chi connectivity index (χ3n) is 3.72. The van der Waals surface area contributed by atoms with Crippen molar-refractivity contribution in [1.82, 2.24) is 0 Å². The molecule has 2 nitrogen and oxygen atoms in total. The molecule has 0 radical (unpaired) electrons. The summed E-state index contributed by atoms with van der Waals surface area (Å²) >= 11 is 0. The van der Waals surface area contributed by atoms with E-state index in [0.29, 0.717) is 16.7 Å². The van der Waals surface area contributed by atoms with Gasteiger partial charge in [0.2, 0.25) is 0 Å². The van der Waals surface area contributed by atoms with E-state index in [1.54, 1.807) is 24.3 Å². The average molecular weight is 365 g/mol. The maximum atomic E-state index is 13.8. The molecule has 3 rings (SSSR count). The van der Waals surface area contributed by atoms with Crippen molar-refractivity contribution in [2.24, 2.45) is 0 Å². The maximum Gasteiger partial charge on any atom is 0.573 e. The van der Waals surface area contributed by atoms with Gasteiger partial charge in [-0.1, -0.05) is 36.4 Å². The quantitative estimate of drug-likeness (QED) is 0.472. The fourth-order valence-corrected chi connectivity index (χ4v) is 2.56. The summed E-state index contributed by atoms with van der Waals surface area (Å²) in [6.07, 6.45) is -4.78. The summed E-state index contributed by atoms with van der Waals surface area (Å²) in [5.74, 6) is -2.13. The summed E-state index contributed by atoms with van der Waals surface area (Å²) in [5, 5.41) is 0. The van der Waals surface area contributed by atoms with Crippen LogP contribution in [0.2, 0.25) is 0 Å². The lowest BCUT2D eigenvalue weighted by Crippen LogP contribution is -2.16. The molecule has 3 aromatic carbocycles. The van der Waals surface area contributed by atoms with Crippen LogP contribution in [-0.2, 0) is 0 Å². The van der Waals surface area contributed by atoms with E-state index in [-0.39, 0.29) is 11.3 Å². The van der Waals surface area contributed by atoms with E-state index in [9.17, 15) is 22.0 Å². The molecule has 2 N–H and O–H groups in total. The summed E-state index contributed by atoms with van der Waals surface area (Å²) in [6, 6.07) is 14.2. The first-order valence-corrected chi connectivity index (χ1v) is 7.45. The van der Waals surface area contributed by atoms with E-state index in [2.05, 4.69) is 4.74 Å². The van der Waals surface area contributed by atoms with Crippen LogP contribution in [0.25, 0.3) is 22.3 Å². The van der Waals surface area contributed by atoms with Crippen LogP contribution in [0, 0.1) is 11.6 Å². The molecule has 134 valence electrons. The van der Waals surface area contributed by atoms with Crippen LogP contribution in [0.1, 0.15) is 0 Å². The number of alkyl halides is 3. The second-order valence-electron chi connectivity index (χ2n) is 5.47. The zero-order valence-electron chi connectivity index (χ0n) is 13.1. The SMILES string of the molecule is Nc1c(F)cc(-c2ccccc2-c2ccc(OC(F)(F)F)cc2)cc1F. The molecule has 3 aromatic rings. The van der Waals surface area contributed by atoms with Crippen molar-refractivity contribution in [1.29, 1.82) is 0 Å². The van der Waals surface area contributed by atoms with E-state index in [1.165, 1.54) is 24.3 Å². The van der Waals surface area contributed by atoms with E-state index >= 15 is 0 Å². The van der Waals surface area contributed by atoms with Gasteiger partial charge in [0, 0.05) is 0 Å². The second kappa shape index (κ2) is 6.67. The van der Waals surface area contributed by atoms with Crippen LogP contribution in [0.3, 0.4) is 0 Å². The normalized spacial score (nSPS) is 11.4. The predicted molar refractivity (Wildman–Crippen MR) is 88.3 cm³/mol. The molecule has 0 spiro atoms. The number of nitrogens with two attached hydrogens (primary N) is 1. The van der Waals surface area contributed by atoms with Crippen LogP contribution in [0.5, 0.6) is 5.75 Å². The van der Waals surface area contributed by atoms with Gasteiger partial charge in [0.05, 0.1) is 0 Å². The first kappa shape index (κ1) is 17.7. The lowest BCUT2D eigenvalue weighted by molar-refractivity contribution is -0.274. The Balaban J connectivity index is 2.03. The Hall–Kier alpha value is -3.09. The molecular weight excluding hydrogens is 353 g/mol. The lowest BCUT2D eigenvalue weighted by Gasteiger charge is -2.13. The van der Waals surface area contributed by atoms with Crippen LogP contribution in [-0.4, -0.2) is 6.36 Å². The molecule has 0 aromatic heterocycles. The Morgan fingerprint density at radius 3 is 1.73 bits per heavy atom. The van der Waals surface area contributed by atoms with Gasteiger partial charge in [-0.15, -0.1) is 13.2 Å². The Labute approximate surface area is 145 Å². The molecule has 0 aliphatic heterocycles. The summed E-state index contributed by atoms with van der Waals surface area (Å²) in [7, 11) is 0. The minimum atomic E-state index is -4.78. The third kappa shape index (κ3) is 3.77. The fraction of sp³-hybridized carbons (Fsp3) is 0.0526. The Morgan fingerprint density at radius 2 is 1.23 bits per heavy atom. The first-order valence-electron chi connectivity index (χ1n) is 7.45.